The van der Waals surface area contributed by atoms with Gasteiger partial charge >= 0.3 is 0 Å². The lowest BCUT2D eigenvalue weighted by atomic mass is 9.80. The first-order valence-electron chi connectivity index (χ1n) is 12.6. The average Bonchev–Trinajstić information content (AvgIpc) is 3.16. The topological polar surface area (TPSA) is 3.01 Å². The zero-order valence-electron chi connectivity index (χ0n) is 21.6. The second-order valence-corrected chi connectivity index (χ2v) is 10.7. The molecule has 1 aliphatic heterocycles. The van der Waals surface area contributed by atoms with Crippen molar-refractivity contribution in [2.75, 3.05) is 0 Å². The van der Waals surface area contributed by atoms with E-state index in [-0.39, 0.29) is 5.92 Å². The predicted molar refractivity (Wildman–Crippen MR) is 144 cm³/mol. The van der Waals surface area contributed by atoms with Crippen LogP contribution in [0, 0.1) is 0 Å². The molecular weight excluding hydrogens is 398 g/mol. The van der Waals surface area contributed by atoms with Crippen molar-refractivity contribution in [3.05, 3.63) is 94.0 Å². The average molecular weight is 438 g/mol. The molecular formula is C32H39N. The first-order valence-corrected chi connectivity index (χ1v) is 12.6. The summed E-state index contributed by atoms with van der Waals surface area (Å²) in [5.74, 6) is 1.96. The van der Waals surface area contributed by atoms with Crippen LogP contribution < -0.4 is 4.58 Å². The van der Waals surface area contributed by atoms with E-state index in [1.54, 1.807) is 0 Å². The summed E-state index contributed by atoms with van der Waals surface area (Å²) in [5.41, 5.74) is 11.1. The van der Waals surface area contributed by atoms with Crippen molar-refractivity contribution in [3.63, 3.8) is 0 Å². The van der Waals surface area contributed by atoms with Gasteiger partial charge in [-0.05, 0) is 63.1 Å². The molecule has 3 aromatic carbocycles. The molecule has 0 spiro atoms. The highest BCUT2D eigenvalue weighted by molar-refractivity contribution is 5.90. The van der Waals surface area contributed by atoms with E-state index in [1.165, 1.54) is 44.8 Å². The Morgan fingerprint density at radius 2 is 1.03 bits per heavy atom. The Balaban J connectivity index is 2.04. The van der Waals surface area contributed by atoms with Crippen molar-refractivity contribution in [2.24, 2.45) is 0 Å². The molecule has 0 aliphatic carbocycles. The van der Waals surface area contributed by atoms with E-state index in [4.69, 9.17) is 0 Å². The van der Waals surface area contributed by atoms with Gasteiger partial charge in [0.15, 0.2) is 0 Å². The molecule has 0 aromatic heterocycles. The largest absolute Gasteiger partial charge is 0.323 e. The first kappa shape index (κ1) is 23.5. The van der Waals surface area contributed by atoms with E-state index >= 15 is 0 Å². The van der Waals surface area contributed by atoms with E-state index in [9.17, 15) is 0 Å². The van der Waals surface area contributed by atoms with Crippen LogP contribution in [0.4, 0.5) is 11.4 Å². The van der Waals surface area contributed by atoms with E-state index in [0.717, 1.165) is 0 Å². The van der Waals surface area contributed by atoms with Gasteiger partial charge in [-0.2, -0.15) is 0 Å². The maximum absolute atomic E-state index is 4.00. The first-order chi connectivity index (χ1) is 15.7. The number of hydrogen-bond donors (Lipinski definition) is 0. The molecule has 0 amide bonds. The van der Waals surface area contributed by atoms with Crippen LogP contribution in [0.5, 0.6) is 0 Å². The zero-order chi connectivity index (χ0) is 23.9. The number of nitrogens with zero attached hydrogens (tertiary/aromatic N) is 1. The lowest BCUT2D eigenvalue weighted by Crippen LogP contribution is -2.12. The summed E-state index contributed by atoms with van der Waals surface area (Å²) in [6.45, 7) is 18.4. The Morgan fingerprint density at radius 1 is 0.576 bits per heavy atom. The number of rotatable bonds is 6. The minimum absolute atomic E-state index is 0.137. The van der Waals surface area contributed by atoms with E-state index < -0.39 is 0 Å². The lowest BCUT2D eigenvalue weighted by Gasteiger charge is -2.23. The van der Waals surface area contributed by atoms with Crippen LogP contribution in [-0.2, 0) is 0 Å². The summed E-state index contributed by atoms with van der Waals surface area (Å²) < 4.78 is 2.39. The van der Waals surface area contributed by atoms with Gasteiger partial charge in [0.1, 0.15) is 17.6 Å². The molecule has 1 heteroatoms. The SMILES string of the molecule is CC(C)c1cccc(C(C)C)c1C1[C-]=[N+](c2c(C(C)C)cccc2C(C)C)c2ccccc21. The van der Waals surface area contributed by atoms with Crippen molar-refractivity contribution in [1.82, 2.24) is 4.58 Å². The standard InChI is InChI=1S/C32H39N/c1-20(2)24-14-11-15-25(21(3)4)31(24)29-19-33(30-18-10-9-13-28(29)30)32-26(22(5)6)16-12-17-27(32)23(7)8/h9-18,20-23,29H,1-8H3. The molecule has 172 valence electrons. The third-order valence-electron chi connectivity index (χ3n) is 7.02. The maximum atomic E-state index is 4.00. The van der Waals surface area contributed by atoms with E-state index in [1.807, 2.05) is 0 Å². The van der Waals surface area contributed by atoms with Crippen molar-refractivity contribution < 1.29 is 0 Å². The molecule has 0 saturated carbocycles. The van der Waals surface area contributed by atoms with Crippen LogP contribution in [-0.4, -0.2) is 6.21 Å². The van der Waals surface area contributed by atoms with Gasteiger partial charge in [0.25, 0.3) is 0 Å². The fourth-order valence-electron chi connectivity index (χ4n) is 5.32. The molecule has 3 aromatic rings. The second kappa shape index (κ2) is 9.29. The van der Waals surface area contributed by atoms with Crippen LogP contribution >= 0.6 is 0 Å². The molecule has 1 heterocycles. The second-order valence-electron chi connectivity index (χ2n) is 10.7. The monoisotopic (exact) mass is 437 g/mol. The maximum Gasteiger partial charge on any atom is 0.112 e. The molecule has 0 N–H and O–H groups in total. The fraction of sp³-hybridized carbons (Fsp3) is 0.406. The fourth-order valence-corrected chi connectivity index (χ4v) is 5.32. The Morgan fingerprint density at radius 3 is 1.52 bits per heavy atom. The highest BCUT2D eigenvalue weighted by Crippen LogP contribution is 2.45. The number of para-hydroxylation sites is 2. The van der Waals surface area contributed by atoms with Gasteiger partial charge in [-0.15, -0.1) is 0 Å². The van der Waals surface area contributed by atoms with E-state index in [0.29, 0.717) is 23.7 Å². The van der Waals surface area contributed by atoms with Crippen molar-refractivity contribution >= 4 is 17.6 Å². The summed E-state index contributed by atoms with van der Waals surface area (Å²) in [6.07, 6.45) is 4.00. The third-order valence-corrected chi connectivity index (χ3v) is 7.02. The van der Waals surface area contributed by atoms with Crippen LogP contribution in [0.2, 0.25) is 0 Å². The van der Waals surface area contributed by atoms with Crippen molar-refractivity contribution in [2.45, 2.75) is 85.0 Å². The molecule has 1 aliphatic rings. The normalized spacial score (nSPS) is 15.6. The smallest absolute Gasteiger partial charge is 0.112 e. The molecule has 0 radical (unpaired) electrons. The summed E-state index contributed by atoms with van der Waals surface area (Å²) in [5, 5.41) is 0. The summed E-state index contributed by atoms with van der Waals surface area (Å²) in [6, 6.07) is 22.6. The number of fused-ring (bicyclic) bond motifs is 1. The molecule has 33 heavy (non-hydrogen) atoms. The van der Waals surface area contributed by atoms with Gasteiger partial charge in [0, 0.05) is 5.92 Å². The highest BCUT2D eigenvalue weighted by Gasteiger charge is 2.32. The Labute approximate surface area is 201 Å². The quantitative estimate of drug-likeness (QED) is 0.267. The molecule has 0 bridgehead atoms. The molecule has 4 rings (SSSR count). The zero-order valence-corrected chi connectivity index (χ0v) is 21.6. The summed E-state index contributed by atoms with van der Waals surface area (Å²) >= 11 is 0. The van der Waals surface area contributed by atoms with Crippen molar-refractivity contribution in [3.8, 4) is 0 Å². The summed E-state index contributed by atoms with van der Waals surface area (Å²) in [4.78, 5) is 0. The predicted octanol–water partition coefficient (Wildman–Crippen LogP) is 9.11. The minimum Gasteiger partial charge on any atom is -0.323 e. The molecule has 0 fully saturated rings. The van der Waals surface area contributed by atoms with E-state index in [2.05, 4.69) is 127 Å². The minimum atomic E-state index is 0.137. The van der Waals surface area contributed by atoms with Gasteiger partial charge in [0.2, 0.25) is 0 Å². The molecule has 1 atom stereocenters. The molecule has 1 nitrogen and oxygen atoms in total. The molecule has 1 unspecified atom stereocenters. The highest BCUT2D eigenvalue weighted by atomic mass is 15.0. The van der Waals surface area contributed by atoms with Gasteiger partial charge in [-0.3, -0.25) is 0 Å². The van der Waals surface area contributed by atoms with Gasteiger partial charge in [-0.25, -0.2) is 0 Å². The van der Waals surface area contributed by atoms with Crippen molar-refractivity contribution in [1.29, 1.82) is 0 Å². The Kier molecular flexibility index (Phi) is 6.61. The van der Waals surface area contributed by atoms with Crippen LogP contribution in [0.1, 0.15) is 118 Å². The Bertz CT molecular complexity index is 1120. The van der Waals surface area contributed by atoms with Crippen LogP contribution in [0.3, 0.4) is 0 Å². The van der Waals surface area contributed by atoms with Crippen LogP contribution in [0.15, 0.2) is 60.7 Å². The number of benzene rings is 3. The third kappa shape index (κ3) is 4.19. The van der Waals surface area contributed by atoms with Gasteiger partial charge in [0.05, 0.1) is 0 Å². The van der Waals surface area contributed by atoms with Gasteiger partial charge < -0.3 is 4.58 Å². The Hall–Kier alpha value is -2.67. The molecule has 0 saturated heterocycles. The van der Waals surface area contributed by atoms with Gasteiger partial charge in [-0.1, -0.05) is 110 Å². The number of hydrogen-bond acceptors (Lipinski definition) is 0. The summed E-state index contributed by atoms with van der Waals surface area (Å²) in [7, 11) is 0. The lowest BCUT2D eigenvalue weighted by molar-refractivity contribution is 0.799. The van der Waals surface area contributed by atoms with Crippen LogP contribution in [0.25, 0.3) is 0 Å².